The van der Waals surface area contributed by atoms with Gasteiger partial charge in [0.05, 0.1) is 19.9 Å². The number of nitrogens with one attached hydrogen (secondary N) is 1. The summed E-state index contributed by atoms with van der Waals surface area (Å²) in [7, 11) is 3.28. The predicted molar refractivity (Wildman–Crippen MR) is 103 cm³/mol. The standard InChI is InChI=1S/C21H20N3O3/c1-12(2)19-15-9-14(21-24-22-11-27-21)5-7-16(15)23-20(19)13-6-8-17(25-3)18(10-13)26-4/h5-10,12,23H,1-4H3. The summed E-state index contributed by atoms with van der Waals surface area (Å²) in [4.78, 5) is 3.55. The van der Waals surface area contributed by atoms with Gasteiger partial charge >= 0.3 is 6.39 Å². The Balaban J connectivity index is 1.92. The number of benzene rings is 2. The number of fused-ring (bicyclic) bond motifs is 1. The minimum Gasteiger partial charge on any atom is -0.493 e. The molecule has 0 bridgehead atoms. The highest BCUT2D eigenvalue weighted by molar-refractivity contribution is 5.94. The van der Waals surface area contributed by atoms with Gasteiger partial charge in [-0.2, -0.15) is 0 Å². The van der Waals surface area contributed by atoms with Gasteiger partial charge in [0.25, 0.3) is 0 Å². The normalized spacial score (nSPS) is 11.3. The van der Waals surface area contributed by atoms with Crippen LogP contribution in [0.5, 0.6) is 11.5 Å². The topological polar surface area (TPSA) is 73.2 Å². The smallest absolute Gasteiger partial charge is 0.306 e. The van der Waals surface area contributed by atoms with Crippen molar-refractivity contribution in [1.82, 2.24) is 15.2 Å². The van der Waals surface area contributed by atoms with Crippen LogP contribution in [0.3, 0.4) is 0 Å². The number of ether oxygens (including phenoxy) is 2. The number of hydrogen-bond donors (Lipinski definition) is 1. The molecule has 0 atom stereocenters. The first-order valence-corrected chi connectivity index (χ1v) is 8.70. The molecule has 6 nitrogen and oxygen atoms in total. The lowest BCUT2D eigenvalue weighted by Gasteiger charge is -2.12. The van der Waals surface area contributed by atoms with Gasteiger partial charge in [-0.1, -0.05) is 13.8 Å². The summed E-state index contributed by atoms with van der Waals surface area (Å²) in [5.74, 6) is 2.18. The van der Waals surface area contributed by atoms with E-state index in [1.807, 2.05) is 30.3 Å². The third kappa shape index (κ3) is 2.93. The van der Waals surface area contributed by atoms with E-state index in [9.17, 15) is 0 Å². The van der Waals surface area contributed by atoms with E-state index in [1.165, 1.54) is 5.56 Å². The van der Waals surface area contributed by atoms with Crippen molar-refractivity contribution in [2.45, 2.75) is 19.8 Å². The zero-order chi connectivity index (χ0) is 19.0. The highest BCUT2D eigenvalue weighted by Crippen LogP contribution is 2.39. The summed E-state index contributed by atoms with van der Waals surface area (Å²) in [5, 5.41) is 8.74. The zero-order valence-electron chi connectivity index (χ0n) is 15.7. The molecule has 1 N–H and O–H groups in total. The molecule has 0 spiro atoms. The van der Waals surface area contributed by atoms with E-state index in [0.29, 0.717) is 23.3 Å². The van der Waals surface area contributed by atoms with Crippen LogP contribution in [-0.4, -0.2) is 29.4 Å². The molecule has 0 saturated heterocycles. The lowest BCUT2D eigenvalue weighted by Crippen LogP contribution is -1.93. The molecule has 0 amide bonds. The van der Waals surface area contributed by atoms with Gasteiger partial charge < -0.3 is 18.9 Å². The van der Waals surface area contributed by atoms with Gasteiger partial charge in [-0.3, -0.25) is 0 Å². The summed E-state index contributed by atoms with van der Waals surface area (Å²) in [6, 6.07) is 12.0. The third-order valence-electron chi connectivity index (χ3n) is 4.66. The first kappa shape index (κ1) is 17.1. The Bertz CT molecular complexity index is 1080. The first-order valence-electron chi connectivity index (χ1n) is 8.70. The SMILES string of the molecule is COc1ccc(-c2[nH]c3ccc(-c4nn[c]o4)cc3c2C(C)C)cc1OC. The molecule has 4 rings (SSSR count). The van der Waals surface area contributed by atoms with Gasteiger partial charge in [-0.25, -0.2) is 0 Å². The Morgan fingerprint density at radius 2 is 1.78 bits per heavy atom. The molecule has 137 valence electrons. The van der Waals surface area contributed by atoms with Crippen molar-refractivity contribution in [1.29, 1.82) is 0 Å². The molecule has 6 heteroatoms. The highest BCUT2D eigenvalue weighted by atomic mass is 16.5. The second-order valence-electron chi connectivity index (χ2n) is 6.60. The molecule has 0 aliphatic carbocycles. The lowest BCUT2D eigenvalue weighted by atomic mass is 9.95. The molecule has 1 radical (unpaired) electrons. The fraction of sp³-hybridized carbons (Fsp3) is 0.238. The van der Waals surface area contributed by atoms with Gasteiger partial charge in [0, 0.05) is 22.0 Å². The summed E-state index contributed by atoms with van der Waals surface area (Å²) >= 11 is 0. The van der Waals surface area contributed by atoms with Crippen LogP contribution in [0.25, 0.3) is 33.6 Å². The monoisotopic (exact) mass is 362 g/mol. The molecule has 2 aromatic carbocycles. The molecule has 2 heterocycles. The van der Waals surface area contributed by atoms with E-state index in [1.54, 1.807) is 14.2 Å². The molecular weight excluding hydrogens is 342 g/mol. The minimum absolute atomic E-state index is 0.311. The first-order chi connectivity index (χ1) is 13.1. The fourth-order valence-electron chi connectivity index (χ4n) is 3.43. The molecule has 0 unspecified atom stereocenters. The van der Waals surface area contributed by atoms with Crippen LogP contribution in [0.4, 0.5) is 0 Å². The Morgan fingerprint density at radius 1 is 1.00 bits per heavy atom. The number of aromatic amines is 1. The second-order valence-corrected chi connectivity index (χ2v) is 6.60. The van der Waals surface area contributed by atoms with E-state index in [2.05, 4.69) is 41.5 Å². The zero-order valence-corrected chi connectivity index (χ0v) is 15.7. The maximum absolute atomic E-state index is 5.47. The Labute approximate surface area is 157 Å². The van der Waals surface area contributed by atoms with Crippen molar-refractivity contribution in [2.24, 2.45) is 0 Å². The predicted octanol–water partition coefficient (Wildman–Crippen LogP) is 4.83. The molecule has 0 aliphatic rings. The molecule has 2 aromatic heterocycles. The molecule has 0 aliphatic heterocycles. The molecular formula is C21H20N3O3. The van der Waals surface area contributed by atoms with Gasteiger partial charge in [-0.05, 0) is 47.9 Å². The van der Waals surface area contributed by atoms with Crippen LogP contribution in [-0.2, 0) is 0 Å². The number of nitrogens with zero attached hydrogens (tertiary/aromatic N) is 2. The molecule has 27 heavy (non-hydrogen) atoms. The fourth-order valence-corrected chi connectivity index (χ4v) is 3.43. The third-order valence-corrected chi connectivity index (χ3v) is 4.66. The second kappa shape index (κ2) is 6.79. The van der Waals surface area contributed by atoms with Crippen LogP contribution >= 0.6 is 0 Å². The van der Waals surface area contributed by atoms with Crippen LogP contribution in [0.2, 0.25) is 0 Å². The number of hydrogen-bond acceptors (Lipinski definition) is 5. The lowest BCUT2D eigenvalue weighted by molar-refractivity contribution is 0.355. The van der Waals surface area contributed by atoms with Crippen molar-refractivity contribution in [3.8, 4) is 34.2 Å². The van der Waals surface area contributed by atoms with E-state index in [-0.39, 0.29) is 0 Å². The number of aromatic nitrogens is 3. The van der Waals surface area contributed by atoms with Crippen molar-refractivity contribution < 1.29 is 13.9 Å². The molecule has 0 fully saturated rings. The quantitative estimate of drug-likeness (QED) is 0.551. The maximum atomic E-state index is 5.47. The van der Waals surface area contributed by atoms with Crippen LogP contribution in [0, 0.1) is 6.39 Å². The highest BCUT2D eigenvalue weighted by Gasteiger charge is 2.18. The van der Waals surface area contributed by atoms with Crippen molar-refractivity contribution in [3.05, 3.63) is 48.4 Å². The van der Waals surface area contributed by atoms with Crippen LogP contribution < -0.4 is 9.47 Å². The van der Waals surface area contributed by atoms with E-state index in [4.69, 9.17) is 13.9 Å². The molecule has 0 saturated carbocycles. The van der Waals surface area contributed by atoms with E-state index in [0.717, 1.165) is 27.7 Å². The summed E-state index contributed by atoms with van der Waals surface area (Å²) in [5.41, 5.74) is 5.25. The molecule has 4 aromatic rings. The average molecular weight is 362 g/mol. The Hall–Kier alpha value is -3.28. The van der Waals surface area contributed by atoms with Gasteiger partial charge in [0.2, 0.25) is 5.89 Å². The van der Waals surface area contributed by atoms with Crippen LogP contribution in [0.1, 0.15) is 25.3 Å². The van der Waals surface area contributed by atoms with Gasteiger partial charge in [0.1, 0.15) is 0 Å². The average Bonchev–Trinajstić information content (AvgIpc) is 3.34. The Kier molecular flexibility index (Phi) is 4.32. The minimum atomic E-state index is 0.311. The number of H-pyrrole nitrogens is 1. The maximum Gasteiger partial charge on any atom is 0.306 e. The van der Waals surface area contributed by atoms with Crippen molar-refractivity contribution in [2.75, 3.05) is 14.2 Å². The van der Waals surface area contributed by atoms with E-state index >= 15 is 0 Å². The summed E-state index contributed by atoms with van der Waals surface area (Å²) in [6.07, 6.45) is 2.40. The van der Waals surface area contributed by atoms with Crippen LogP contribution in [0.15, 0.2) is 40.8 Å². The summed E-state index contributed by atoms with van der Waals surface area (Å²) in [6.45, 7) is 4.36. The van der Waals surface area contributed by atoms with E-state index < -0.39 is 0 Å². The van der Waals surface area contributed by atoms with Gasteiger partial charge in [-0.15, -0.1) is 10.2 Å². The largest absolute Gasteiger partial charge is 0.493 e. The van der Waals surface area contributed by atoms with Gasteiger partial charge in [0.15, 0.2) is 11.5 Å². The number of methoxy groups -OCH3 is 2. The summed E-state index contributed by atoms with van der Waals surface area (Å²) < 4.78 is 16.1. The Morgan fingerprint density at radius 3 is 2.44 bits per heavy atom. The number of rotatable bonds is 5. The van der Waals surface area contributed by atoms with Crippen molar-refractivity contribution >= 4 is 10.9 Å². The van der Waals surface area contributed by atoms with Crippen molar-refractivity contribution in [3.63, 3.8) is 0 Å².